The third-order valence-electron chi connectivity index (χ3n) is 3.44. The summed E-state index contributed by atoms with van der Waals surface area (Å²) < 4.78 is 1.59. The predicted molar refractivity (Wildman–Crippen MR) is 78.3 cm³/mol. The van der Waals surface area contributed by atoms with Gasteiger partial charge in [0.1, 0.15) is 0 Å². The average Bonchev–Trinajstić information content (AvgIpc) is 2.64. The van der Waals surface area contributed by atoms with E-state index in [1.165, 1.54) is 22.3 Å². The van der Waals surface area contributed by atoms with Crippen molar-refractivity contribution in [1.29, 1.82) is 0 Å². The maximum atomic E-state index is 2.39. The molecule has 0 nitrogen and oxygen atoms in total. The molecule has 0 fully saturated rings. The average molecular weight is 445 g/mol. The van der Waals surface area contributed by atoms with Gasteiger partial charge in [0.15, 0.2) is 0 Å². The molecule has 0 N–H and O–H groups in total. The Morgan fingerprint density at radius 1 is 1.17 bits per heavy atom. The molecule has 18 heavy (non-hydrogen) atoms. The molecule has 1 aromatic rings. The van der Waals surface area contributed by atoms with Crippen LogP contribution >= 0.6 is 24.8 Å². The minimum atomic E-state index is 0. The van der Waals surface area contributed by atoms with Gasteiger partial charge in [-0.05, 0) is 0 Å². The topological polar surface area (TPSA) is 0 Å². The van der Waals surface area contributed by atoms with E-state index in [1.807, 2.05) is 0 Å². The van der Waals surface area contributed by atoms with E-state index >= 15 is 0 Å². The molecule has 1 atom stereocenters. The van der Waals surface area contributed by atoms with Crippen LogP contribution in [-0.2, 0) is 30.8 Å². The van der Waals surface area contributed by atoms with Gasteiger partial charge < -0.3 is 0 Å². The van der Waals surface area contributed by atoms with Gasteiger partial charge in [-0.1, -0.05) is 0 Å². The van der Waals surface area contributed by atoms with E-state index in [-0.39, 0.29) is 24.8 Å². The summed E-state index contributed by atoms with van der Waals surface area (Å²) in [5.41, 5.74) is 6.02. The van der Waals surface area contributed by atoms with E-state index in [2.05, 4.69) is 49.4 Å². The molecule has 2 aliphatic carbocycles. The molecule has 3 heteroatoms. The van der Waals surface area contributed by atoms with Gasteiger partial charge in [0.25, 0.3) is 0 Å². The van der Waals surface area contributed by atoms with Gasteiger partial charge in [-0.2, -0.15) is 0 Å². The second kappa shape index (κ2) is 6.36. The number of rotatable bonds is 1. The maximum absolute atomic E-state index is 2.39. The van der Waals surface area contributed by atoms with Crippen molar-refractivity contribution in [3.05, 3.63) is 64.8 Å². The third kappa shape index (κ3) is 2.45. The van der Waals surface area contributed by atoms with Crippen molar-refractivity contribution < 1.29 is 24.4 Å². The van der Waals surface area contributed by atoms with E-state index in [0.29, 0.717) is 5.92 Å². The zero-order valence-electron chi connectivity index (χ0n) is 10.1. The van der Waals surface area contributed by atoms with Crippen LogP contribution in [-0.4, -0.2) is 0 Å². The summed E-state index contributed by atoms with van der Waals surface area (Å²) in [5, 5.41) is 0. The van der Waals surface area contributed by atoms with Crippen LogP contribution in [0, 0.1) is 0 Å². The molecule has 0 heterocycles. The first kappa shape index (κ1) is 15.9. The van der Waals surface area contributed by atoms with Gasteiger partial charge in [0.2, 0.25) is 0 Å². The Kier molecular flexibility index (Phi) is 5.64. The number of hydrogen-bond donors (Lipinski definition) is 0. The van der Waals surface area contributed by atoms with E-state index in [1.54, 1.807) is 3.33 Å². The second-order valence-electron chi connectivity index (χ2n) is 4.33. The van der Waals surface area contributed by atoms with Gasteiger partial charge in [-0.15, -0.1) is 24.8 Å². The van der Waals surface area contributed by atoms with Crippen LogP contribution in [0.4, 0.5) is 0 Å². The fourth-order valence-electron chi connectivity index (χ4n) is 2.52. The number of allylic oxidation sites excluding steroid dienone is 5. The molecule has 0 bridgehead atoms. The zero-order chi connectivity index (χ0) is 11.1. The fraction of sp³-hybridized carbons (Fsp3) is 0.200. The van der Waals surface area contributed by atoms with Crippen LogP contribution in [0.1, 0.15) is 29.5 Å². The maximum Gasteiger partial charge on any atom is -0.147 e. The Bertz CT molecular complexity index is 541. The van der Waals surface area contributed by atoms with Crippen molar-refractivity contribution in [3.8, 4) is 0 Å². The molecule has 93 valence electrons. The number of fused-ring (bicyclic) bond motifs is 3. The molecule has 1 aromatic carbocycles. The molecule has 0 saturated carbocycles. The molecule has 3 rings (SSSR count). The number of benzene rings is 1. The number of halogens is 2. The van der Waals surface area contributed by atoms with E-state index in [4.69, 9.17) is 0 Å². The second-order valence-corrected chi connectivity index (χ2v) is 6.12. The van der Waals surface area contributed by atoms with Crippen molar-refractivity contribution in [1.82, 2.24) is 0 Å². The Morgan fingerprint density at radius 2 is 1.94 bits per heavy atom. The summed E-state index contributed by atoms with van der Waals surface area (Å²) in [6, 6.07) is 7.00. The quantitative estimate of drug-likeness (QED) is 0.557. The van der Waals surface area contributed by atoms with Crippen LogP contribution in [0.5, 0.6) is 0 Å². The van der Waals surface area contributed by atoms with Gasteiger partial charge >= 0.3 is 112 Å². The molecular weight excluding hydrogens is 430 g/mol. The van der Waals surface area contributed by atoms with Gasteiger partial charge in [-0.25, -0.2) is 0 Å². The van der Waals surface area contributed by atoms with Crippen molar-refractivity contribution in [2.24, 2.45) is 0 Å². The molecule has 0 aliphatic heterocycles. The van der Waals surface area contributed by atoms with Crippen molar-refractivity contribution in [2.75, 3.05) is 0 Å². The number of aryl methyl sites for hydroxylation is 1. The summed E-state index contributed by atoms with van der Waals surface area (Å²) in [6.45, 7) is 2.23. The monoisotopic (exact) mass is 445 g/mol. The fourth-order valence-corrected chi connectivity index (χ4v) is 4.15. The Labute approximate surface area is 136 Å². The van der Waals surface area contributed by atoms with Crippen molar-refractivity contribution in [2.45, 2.75) is 19.3 Å². The first-order valence-corrected chi connectivity index (χ1v) is 7.54. The van der Waals surface area contributed by atoms with Crippen molar-refractivity contribution >= 4 is 28.1 Å². The molecule has 0 amide bonds. The van der Waals surface area contributed by atoms with E-state index < -0.39 is 0 Å². The first-order valence-electron chi connectivity index (χ1n) is 5.75. The van der Waals surface area contributed by atoms with Crippen molar-refractivity contribution in [3.63, 3.8) is 0 Å². The normalized spacial score (nSPS) is 18.8. The molecule has 0 radical (unpaired) electrons. The van der Waals surface area contributed by atoms with Crippen LogP contribution in [0.15, 0.2) is 48.1 Å². The molecule has 0 saturated heterocycles. The molecule has 2 aliphatic rings. The van der Waals surface area contributed by atoms with Gasteiger partial charge in [-0.3, -0.25) is 0 Å². The molecule has 0 spiro atoms. The summed E-state index contributed by atoms with van der Waals surface area (Å²) in [7, 11) is 0. The zero-order valence-corrected chi connectivity index (χ0v) is 15.4. The van der Waals surface area contributed by atoms with Crippen LogP contribution in [0.3, 0.4) is 0 Å². The summed E-state index contributed by atoms with van der Waals surface area (Å²) >= 11 is 1.14. The minimum Gasteiger partial charge on any atom is -0.147 e. The largest absolute Gasteiger partial charge is 0.147 e. The molecular formula is C15H15Cl2Hf. The Hall–Kier alpha value is -0.110. The number of hydrogen-bond acceptors (Lipinski definition) is 0. The third-order valence-corrected chi connectivity index (χ3v) is 5.45. The standard InChI is InChI=1S/C15H13.2ClH.Hf/c1-2-11-7-8-15-13(9-11)10-12-5-3-4-6-14(12)15;;;/h3-9,14H,2H2,1H3;2*1H;. The summed E-state index contributed by atoms with van der Waals surface area (Å²) in [6.07, 6.45) is 10.1. The predicted octanol–water partition coefficient (Wildman–Crippen LogP) is 4.57. The van der Waals surface area contributed by atoms with Gasteiger partial charge in [0, 0.05) is 0 Å². The first-order chi connectivity index (χ1) is 7.81. The van der Waals surface area contributed by atoms with Crippen LogP contribution in [0.25, 0.3) is 3.33 Å². The SMILES string of the molecule is CCc1ccc2c(c1)[C]([Hf])=C1C=CC=CC12.Cl.Cl. The summed E-state index contributed by atoms with van der Waals surface area (Å²) in [5.74, 6) is 0.540. The van der Waals surface area contributed by atoms with E-state index in [9.17, 15) is 0 Å². The van der Waals surface area contributed by atoms with Gasteiger partial charge in [0.05, 0.1) is 0 Å². The van der Waals surface area contributed by atoms with E-state index in [0.717, 1.165) is 30.8 Å². The molecule has 1 unspecified atom stereocenters. The molecule has 0 aromatic heterocycles. The Morgan fingerprint density at radius 3 is 2.67 bits per heavy atom. The van der Waals surface area contributed by atoms with Crippen LogP contribution < -0.4 is 0 Å². The smallest absolute Gasteiger partial charge is 0.147 e. The summed E-state index contributed by atoms with van der Waals surface area (Å²) in [4.78, 5) is 0. The Balaban J connectivity index is 0.000000810. The minimum absolute atomic E-state index is 0. The van der Waals surface area contributed by atoms with Crippen LogP contribution in [0.2, 0.25) is 0 Å².